The van der Waals surface area contributed by atoms with E-state index in [-0.39, 0.29) is 0 Å². The number of H-pyrrole nitrogens is 1. The van der Waals surface area contributed by atoms with Crippen molar-refractivity contribution < 1.29 is 9.47 Å². The molecule has 0 aliphatic carbocycles. The predicted molar refractivity (Wildman–Crippen MR) is 127 cm³/mol. The Bertz CT molecular complexity index is 1330. The van der Waals surface area contributed by atoms with Crippen LogP contribution in [0.2, 0.25) is 0 Å². The molecule has 0 radical (unpaired) electrons. The normalized spacial score (nSPS) is 11.4. The molecule has 4 aromatic rings. The van der Waals surface area contributed by atoms with E-state index < -0.39 is 0 Å². The van der Waals surface area contributed by atoms with E-state index in [1.807, 2.05) is 62.4 Å². The van der Waals surface area contributed by atoms with Crippen LogP contribution >= 0.6 is 0 Å². The number of allylic oxidation sites excluding steroid dienone is 1. The van der Waals surface area contributed by atoms with E-state index >= 15 is 0 Å². The minimum atomic E-state index is 0.453. The van der Waals surface area contributed by atoms with E-state index in [1.54, 1.807) is 6.08 Å². The first-order chi connectivity index (χ1) is 15.6. The highest BCUT2D eigenvalue weighted by Gasteiger charge is 2.11. The van der Waals surface area contributed by atoms with Crippen LogP contribution in [0.3, 0.4) is 0 Å². The average Bonchev–Trinajstić information content (AvgIpc) is 3.20. The Kier molecular flexibility index (Phi) is 6.23. The van der Waals surface area contributed by atoms with E-state index in [9.17, 15) is 5.26 Å². The Balaban J connectivity index is 1.61. The first-order valence-corrected chi connectivity index (χ1v) is 10.6. The van der Waals surface area contributed by atoms with Crippen molar-refractivity contribution in [1.29, 1.82) is 5.26 Å². The van der Waals surface area contributed by atoms with Gasteiger partial charge in [-0.05, 0) is 67.8 Å². The van der Waals surface area contributed by atoms with Gasteiger partial charge in [0.05, 0.1) is 23.2 Å². The van der Waals surface area contributed by atoms with Crippen molar-refractivity contribution in [2.24, 2.45) is 0 Å². The minimum Gasteiger partial charge on any atom is -0.490 e. The van der Waals surface area contributed by atoms with Crippen LogP contribution in [0.4, 0.5) is 0 Å². The fraction of sp³-hybridized carbons (Fsp3) is 0.185. The Labute approximate surface area is 188 Å². The summed E-state index contributed by atoms with van der Waals surface area (Å²) >= 11 is 0. The molecule has 4 rings (SSSR count). The molecule has 1 aromatic heterocycles. The summed E-state index contributed by atoms with van der Waals surface area (Å²) in [5.41, 5.74) is 6.47. The zero-order chi connectivity index (χ0) is 22.5. The van der Waals surface area contributed by atoms with Gasteiger partial charge in [0.2, 0.25) is 0 Å². The molecule has 0 saturated heterocycles. The zero-order valence-corrected chi connectivity index (χ0v) is 18.5. The maximum Gasteiger partial charge on any atom is 0.161 e. The Morgan fingerprint density at radius 1 is 1.00 bits per heavy atom. The monoisotopic (exact) mass is 423 g/mol. The van der Waals surface area contributed by atoms with Crippen molar-refractivity contribution in [1.82, 2.24) is 9.97 Å². The Morgan fingerprint density at radius 2 is 1.84 bits per heavy atom. The number of fused-ring (bicyclic) bond motifs is 1. The average molecular weight is 424 g/mol. The second-order valence-corrected chi connectivity index (χ2v) is 7.69. The number of rotatable bonds is 7. The van der Waals surface area contributed by atoms with Gasteiger partial charge < -0.3 is 14.5 Å². The molecule has 0 bridgehead atoms. The van der Waals surface area contributed by atoms with E-state index in [1.165, 1.54) is 5.56 Å². The maximum atomic E-state index is 9.75. The lowest BCUT2D eigenvalue weighted by atomic mass is 10.1. The number of nitrogens with one attached hydrogen (secondary N) is 1. The third-order valence-corrected chi connectivity index (χ3v) is 5.07. The number of nitrogens with zero attached hydrogens (tertiary/aromatic N) is 2. The van der Waals surface area contributed by atoms with Crippen LogP contribution in [0, 0.1) is 25.2 Å². The zero-order valence-electron chi connectivity index (χ0n) is 18.5. The molecule has 160 valence electrons. The van der Waals surface area contributed by atoms with E-state index in [2.05, 4.69) is 35.1 Å². The molecule has 5 heteroatoms. The molecule has 1 N–H and O–H groups in total. The van der Waals surface area contributed by atoms with Crippen LogP contribution in [0.15, 0.2) is 60.7 Å². The summed E-state index contributed by atoms with van der Waals surface area (Å²) < 4.78 is 11.8. The van der Waals surface area contributed by atoms with Gasteiger partial charge in [0.15, 0.2) is 11.5 Å². The van der Waals surface area contributed by atoms with Gasteiger partial charge in [-0.3, -0.25) is 0 Å². The lowest BCUT2D eigenvalue weighted by molar-refractivity contribution is 0.269. The minimum absolute atomic E-state index is 0.453. The lowest BCUT2D eigenvalue weighted by Crippen LogP contribution is -2.00. The first-order valence-electron chi connectivity index (χ1n) is 10.6. The molecule has 0 aliphatic heterocycles. The van der Waals surface area contributed by atoms with Crippen LogP contribution < -0.4 is 9.47 Å². The van der Waals surface area contributed by atoms with Gasteiger partial charge in [-0.2, -0.15) is 5.26 Å². The highest BCUT2D eigenvalue weighted by atomic mass is 16.5. The summed E-state index contributed by atoms with van der Waals surface area (Å²) in [6.07, 6.45) is 1.80. The standard InChI is InChI=1S/C27H25N3O2/c1-4-31-26-15-20(9-11-25(26)32-17-21-7-5-6-18(2)12-21)14-22(16-28)27-29-23-10-8-19(3)13-24(23)30-27/h5-15H,4,17H2,1-3H3,(H,29,30)/b22-14-. The SMILES string of the molecule is CCOc1cc(/C=C(/C#N)c2nc3ccc(C)cc3[nH]2)ccc1OCc1cccc(C)c1. The van der Waals surface area contributed by atoms with Crippen molar-refractivity contribution in [3.8, 4) is 17.6 Å². The number of hydrogen-bond acceptors (Lipinski definition) is 4. The molecule has 0 unspecified atom stereocenters. The topological polar surface area (TPSA) is 70.9 Å². The van der Waals surface area contributed by atoms with Crippen molar-refractivity contribution in [2.45, 2.75) is 27.4 Å². The Hall–Kier alpha value is -4.04. The van der Waals surface area contributed by atoms with Gasteiger partial charge in [0, 0.05) is 0 Å². The molecule has 3 aromatic carbocycles. The van der Waals surface area contributed by atoms with Gasteiger partial charge in [0.1, 0.15) is 18.5 Å². The third-order valence-electron chi connectivity index (χ3n) is 5.07. The number of ether oxygens (including phenoxy) is 2. The van der Waals surface area contributed by atoms with Crippen LogP contribution in [0.1, 0.15) is 35.0 Å². The second kappa shape index (κ2) is 9.40. The molecule has 0 spiro atoms. The number of aromatic nitrogens is 2. The van der Waals surface area contributed by atoms with Gasteiger partial charge in [-0.25, -0.2) is 4.98 Å². The molecule has 1 heterocycles. The largest absolute Gasteiger partial charge is 0.490 e. The van der Waals surface area contributed by atoms with Crippen molar-refractivity contribution in [3.63, 3.8) is 0 Å². The summed E-state index contributed by atoms with van der Waals surface area (Å²) in [5.74, 6) is 1.86. The maximum absolute atomic E-state index is 9.75. The molecule has 32 heavy (non-hydrogen) atoms. The number of benzene rings is 3. The molecule has 5 nitrogen and oxygen atoms in total. The Morgan fingerprint density at radius 3 is 2.62 bits per heavy atom. The van der Waals surface area contributed by atoms with Crippen LogP contribution in [0.5, 0.6) is 11.5 Å². The molecule has 0 atom stereocenters. The van der Waals surface area contributed by atoms with Gasteiger partial charge >= 0.3 is 0 Å². The number of imidazole rings is 1. The van der Waals surface area contributed by atoms with E-state index in [4.69, 9.17) is 9.47 Å². The first kappa shape index (κ1) is 21.2. The van der Waals surface area contributed by atoms with E-state index in [0.29, 0.717) is 36.1 Å². The van der Waals surface area contributed by atoms with Crippen molar-refractivity contribution in [3.05, 3.63) is 88.7 Å². The summed E-state index contributed by atoms with van der Waals surface area (Å²) in [6, 6.07) is 22.1. The van der Waals surface area contributed by atoms with Crippen LogP contribution in [-0.4, -0.2) is 16.6 Å². The molecule has 0 amide bonds. The van der Waals surface area contributed by atoms with Crippen LogP contribution in [0.25, 0.3) is 22.7 Å². The molecule has 0 aliphatic rings. The second-order valence-electron chi connectivity index (χ2n) is 7.69. The molecule has 0 fully saturated rings. The molecular weight excluding hydrogens is 398 g/mol. The van der Waals surface area contributed by atoms with Crippen molar-refractivity contribution in [2.75, 3.05) is 6.61 Å². The van der Waals surface area contributed by atoms with Crippen molar-refractivity contribution >= 4 is 22.7 Å². The summed E-state index contributed by atoms with van der Waals surface area (Å²) in [5, 5.41) is 9.75. The van der Waals surface area contributed by atoms with Crippen LogP contribution in [-0.2, 0) is 6.61 Å². The lowest BCUT2D eigenvalue weighted by Gasteiger charge is -2.13. The van der Waals surface area contributed by atoms with Gasteiger partial charge in [-0.1, -0.05) is 42.0 Å². The van der Waals surface area contributed by atoms with E-state index in [0.717, 1.165) is 27.7 Å². The smallest absolute Gasteiger partial charge is 0.161 e. The van der Waals surface area contributed by atoms with Gasteiger partial charge in [-0.15, -0.1) is 0 Å². The molecular formula is C27H25N3O2. The number of aromatic amines is 1. The fourth-order valence-corrected chi connectivity index (χ4v) is 3.54. The highest BCUT2D eigenvalue weighted by molar-refractivity contribution is 5.90. The summed E-state index contributed by atoms with van der Waals surface area (Å²) in [7, 11) is 0. The highest BCUT2D eigenvalue weighted by Crippen LogP contribution is 2.31. The van der Waals surface area contributed by atoms with Gasteiger partial charge in [0.25, 0.3) is 0 Å². The summed E-state index contributed by atoms with van der Waals surface area (Å²) in [6.45, 7) is 7.00. The molecule has 0 saturated carbocycles. The third kappa shape index (κ3) is 4.81. The summed E-state index contributed by atoms with van der Waals surface area (Å²) in [4.78, 5) is 7.81. The fourth-order valence-electron chi connectivity index (χ4n) is 3.54. The number of aryl methyl sites for hydroxylation is 2. The number of hydrogen-bond donors (Lipinski definition) is 1. The quantitative estimate of drug-likeness (QED) is 0.358. The predicted octanol–water partition coefficient (Wildman–Crippen LogP) is 6.22. The number of nitriles is 1.